The second-order valence-corrected chi connectivity index (χ2v) is 8.15. The summed E-state index contributed by atoms with van der Waals surface area (Å²) in [5, 5.41) is 2.83. The van der Waals surface area contributed by atoms with Crippen LogP contribution in [-0.2, 0) is 18.9 Å². The number of hydrogen-bond donors (Lipinski definition) is 1. The fourth-order valence-corrected chi connectivity index (χ4v) is 3.49. The zero-order valence-electron chi connectivity index (χ0n) is 15.7. The fourth-order valence-electron chi connectivity index (χ4n) is 3.49. The van der Waals surface area contributed by atoms with E-state index in [1.165, 1.54) is 12.3 Å². The van der Waals surface area contributed by atoms with Gasteiger partial charge < -0.3 is 13.7 Å². The average Bonchev–Trinajstić information content (AvgIpc) is 3.04. The molecule has 2 aliphatic heterocycles. The standard InChI is InChI=1S/C19H21BFNO5/c1-18(2)19(3,4)27-20(26-18)13-8-15-11(7-14(13)21)12(9-25-15)10-5-6-16(23)22-17(10)24/h7-10H,5-6H2,1-4H3,(H,22,23,24). The highest BCUT2D eigenvalue weighted by Crippen LogP contribution is 2.38. The number of fused-ring (bicyclic) bond motifs is 1. The molecule has 6 nitrogen and oxygen atoms in total. The van der Waals surface area contributed by atoms with Crippen LogP contribution in [0.5, 0.6) is 0 Å². The van der Waals surface area contributed by atoms with Gasteiger partial charge in [0.25, 0.3) is 0 Å². The molecule has 3 heterocycles. The molecule has 2 aromatic rings. The van der Waals surface area contributed by atoms with Gasteiger partial charge in [-0.25, -0.2) is 4.39 Å². The van der Waals surface area contributed by atoms with Gasteiger partial charge in [0, 0.05) is 22.8 Å². The number of benzene rings is 1. The van der Waals surface area contributed by atoms with E-state index in [1.807, 2.05) is 27.7 Å². The molecule has 2 saturated heterocycles. The number of furan rings is 1. The van der Waals surface area contributed by atoms with Crippen molar-refractivity contribution in [1.82, 2.24) is 5.32 Å². The van der Waals surface area contributed by atoms with Crippen LogP contribution in [0.2, 0.25) is 0 Å². The van der Waals surface area contributed by atoms with Crippen molar-refractivity contribution >= 4 is 35.4 Å². The van der Waals surface area contributed by atoms with Crippen molar-refractivity contribution in [2.45, 2.75) is 57.7 Å². The number of halogens is 1. The number of piperidine rings is 1. The lowest BCUT2D eigenvalue weighted by Crippen LogP contribution is -2.41. The lowest BCUT2D eigenvalue weighted by atomic mass is 9.78. The van der Waals surface area contributed by atoms with Crippen LogP contribution < -0.4 is 10.8 Å². The molecular weight excluding hydrogens is 352 g/mol. The highest BCUT2D eigenvalue weighted by Gasteiger charge is 2.52. The highest BCUT2D eigenvalue weighted by atomic mass is 19.1. The summed E-state index contributed by atoms with van der Waals surface area (Å²) in [7, 11) is -0.844. The predicted octanol–water partition coefficient (Wildman–Crippen LogP) is 2.39. The molecule has 1 aromatic heterocycles. The topological polar surface area (TPSA) is 77.8 Å². The Kier molecular flexibility index (Phi) is 3.98. The maximum atomic E-state index is 14.9. The van der Waals surface area contributed by atoms with Crippen LogP contribution in [0.1, 0.15) is 52.0 Å². The Bertz CT molecular complexity index is 935. The van der Waals surface area contributed by atoms with Crippen LogP contribution in [0.4, 0.5) is 4.39 Å². The Hall–Kier alpha value is -2.19. The number of imide groups is 1. The molecule has 2 amide bonds. The third-order valence-electron chi connectivity index (χ3n) is 5.84. The Morgan fingerprint density at radius 2 is 1.81 bits per heavy atom. The SMILES string of the molecule is CC1(C)OB(c2cc3occ(C4CCC(=O)NC4=O)c3cc2F)OC1(C)C. The summed E-state index contributed by atoms with van der Waals surface area (Å²) >= 11 is 0. The van der Waals surface area contributed by atoms with Gasteiger partial charge in [-0.2, -0.15) is 0 Å². The smallest absolute Gasteiger partial charge is 0.464 e. The minimum Gasteiger partial charge on any atom is -0.464 e. The molecule has 2 fully saturated rings. The first-order chi connectivity index (χ1) is 12.6. The molecule has 0 radical (unpaired) electrons. The lowest BCUT2D eigenvalue weighted by molar-refractivity contribution is -0.134. The van der Waals surface area contributed by atoms with E-state index in [0.717, 1.165) is 0 Å². The van der Waals surface area contributed by atoms with E-state index in [9.17, 15) is 14.0 Å². The Morgan fingerprint density at radius 1 is 1.15 bits per heavy atom. The number of rotatable bonds is 2. The Balaban J connectivity index is 1.71. The molecule has 1 aromatic carbocycles. The number of hydrogen-bond acceptors (Lipinski definition) is 5. The maximum Gasteiger partial charge on any atom is 0.497 e. The molecule has 27 heavy (non-hydrogen) atoms. The first-order valence-electron chi connectivity index (χ1n) is 8.99. The second-order valence-electron chi connectivity index (χ2n) is 8.15. The van der Waals surface area contributed by atoms with Gasteiger partial charge in [0.05, 0.1) is 23.4 Å². The van der Waals surface area contributed by atoms with Crippen molar-refractivity contribution in [3.8, 4) is 0 Å². The second kappa shape index (κ2) is 5.91. The van der Waals surface area contributed by atoms with E-state index < -0.39 is 30.1 Å². The predicted molar refractivity (Wildman–Crippen MR) is 97.0 cm³/mol. The van der Waals surface area contributed by atoms with E-state index in [2.05, 4.69) is 5.32 Å². The van der Waals surface area contributed by atoms with Gasteiger partial charge in [-0.3, -0.25) is 14.9 Å². The zero-order chi connectivity index (χ0) is 19.6. The molecule has 1 unspecified atom stereocenters. The summed E-state index contributed by atoms with van der Waals surface area (Å²) in [5.74, 6) is -1.70. The Morgan fingerprint density at radius 3 is 2.44 bits per heavy atom. The summed E-state index contributed by atoms with van der Waals surface area (Å²) in [6, 6.07) is 2.90. The summed E-state index contributed by atoms with van der Waals surface area (Å²) in [5.41, 5.74) is 0.112. The maximum absolute atomic E-state index is 14.9. The lowest BCUT2D eigenvalue weighted by Gasteiger charge is -2.32. The first-order valence-corrected chi connectivity index (χ1v) is 8.99. The van der Waals surface area contributed by atoms with E-state index in [4.69, 9.17) is 13.7 Å². The molecule has 2 aliphatic rings. The molecule has 1 atom stereocenters. The minimum atomic E-state index is -0.844. The van der Waals surface area contributed by atoms with Gasteiger partial charge in [0.1, 0.15) is 11.4 Å². The quantitative estimate of drug-likeness (QED) is 0.646. The van der Waals surface area contributed by atoms with Gasteiger partial charge >= 0.3 is 7.12 Å². The number of nitrogens with one attached hydrogen (secondary N) is 1. The van der Waals surface area contributed by atoms with Crippen LogP contribution in [0.25, 0.3) is 11.0 Å². The highest BCUT2D eigenvalue weighted by molar-refractivity contribution is 6.62. The van der Waals surface area contributed by atoms with Crippen LogP contribution in [0, 0.1) is 5.82 Å². The third-order valence-corrected chi connectivity index (χ3v) is 5.84. The van der Waals surface area contributed by atoms with Crippen molar-refractivity contribution in [3.63, 3.8) is 0 Å². The molecule has 0 bridgehead atoms. The van der Waals surface area contributed by atoms with Crippen molar-refractivity contribution in [2.24, 2.45) is 0 Å². The van der Waals surface area contributed by atoms with Crippen LogP contribution in [0.3, 0.4) is 0 Å². The molecule has 142 valence electrons. The largest absolute Gasteiger partial charge is 0.497 e. The third kappa shape index (κ3) is 2.87. The summed E-state index contributed by atoms with van der Waals surface area (Å²) < 4.78 is 32.3. The zero-order valence-corrected chi connectivity index (χ0v) is 15.7. The van der Waals surface area contributed by atoms with Crippen molar-refractivity contribution in [2.75, 3.05) is 0 Å². The Labute approximate surface area is 156 Å². The normalized spacial score (nSPS) is 24.5. The molecule has 4 rings (SSSR count). The molecule has 1 N–H and O–H groups in total. The first kappa shape index (κ1) is 18.2. The number of carbonyl (C=O) groups excluding carboxylic acids is 2. The van der Waals surface area contributed by atoms with E-state index in [-0.39, 0.29) is 23.7 Å². The van der Waals surface area contributed by atoms with E-state index in [0.29, 0.717) is 23.0 Å². The van der Waals surface area contributed by atoms with Gasteiger partial charge in [0.15, 0.2) is 0 Å². The molecule has 8 heteroatoms. The molecule has 0 spiro atoms. The summed E-state index contributed by atoms with van der Waals surface area (Å²) in [6.07, 6.45) is 2.08. The van der Waals surface area contributed by atoms with Crippen LogP contribution >= 0.6 is 0 Å². The van der Waals surface area contributed by atoms with Crippen molar-refractivity contribution in [3.05, 3.63) is 29.8 Å². The van der Waals surface area contributed by atoms with Gasteiger partial charge in [-0.05, 0) is 46.2 Å². The van der Waals surface area contributed by atoms with Crippen LogP contribution in [-0.4, -0.2) is 30.1 Å². The molecular formula is C19H21BFNO5. The van der Waals surface area contributed by atoms with Gasteiger partial charge in [-0.15, -0.1) is 0 Å². The summed E-state index contributed by atoms with van der Waals surface area (Å²) in [4.78, 5) is 23.5. The average molecular weight is 373 g/mol. The fraction of sp³-hybridized carbons (Fsp3) is 0.474. The van der Waals surface area contributed by atoms with Crippen LogP contribution in [0.15, 0.2) is 22.8 Å². The monoisotopic (exact) mass is 373 g/mol. The minimum absolute atomic E-state index is 0.248. The van der Waals surface area contributed by atoms with E-state index in [1.54, 1.807) is 6.07 Å². The summed E-state index contributed by atoms with van der Waals surface area (Å²) in [6.45, 7) is 7.60. The molecule has 0 aliphatic carbocycles. The van der Waals surface area contributed by atoms with Crippen molar-refractivity contribution in [1.29, 1.82) is 0 Å². The van der Waals surface area contributed by atoms with E-state index >= 15 is 0 Å². The number of amides is 2. The van der Waals surface area contributed by atoms with Crippen molar-refractivity contribution < 1.29 is 27.7 Å². The number of carbonyl (C=O) groups is 2. The molecule has 0 saturated carbocycles. The van der Waals surface area contributed by atoms with Gasteiger partial charge in [0.2, 0.25) is 11.8 Å². The van der Waals surface area contributed by atoms with Gasteiger partial charge in [-0.1, -0.05) is 0 Å².